The van der Waals surface area contributed by atoms with Crippen molar-refractivity contribution in [2.75, 3.05) is 0 Å². The Morgan fingerprint density at radius 3 is 1.84 bits per heavy atom. The zero-order valence-electron chi connectivity index (χ0n) is 27.0. The van der Waals surface area contributed by atoms with E-state index in [0.29, 0.717) is 11.1 Å². The van der Waals surface area contributed by atoms with Gasteiger partial charge in [-0.15, -0.1) is 0 Å². The fourth-order valence-corrected chi connectivity index (χ4v) is 8.32. The van der Waals surface area contributed by atoms with E-state index in [4.69, 9.17) is 0 Å². The average molecular weight is 695 g/mol. The third-order valence-corrected chi connectivity index (χ3v) is 10.8. The summed E-state index contributed by atoms with van der Waals surface area (Å²) >= 11 is 3.01. The van der Waals surface area contributed by atoms with Crippen LogP contribution < -0.4 is 5.11 Å². The van der Waals surface area contributed by atoms with Gasteiger partial charge < -0.3 is 5.11 Å². The van der Waals surface area contributed by atoms with Gasteiger partial charge in [0, 0.05) is 44.2 Å². The van der Waals surface area contributed by atoms with Crippen molar-refractivity contribution in [3.8, 4) is 20.9 Å². The number of carbonyl (C=O) groups is 2. The first kappa shape index (κ1) is 33.0. The minimum Gasteiger partial charge on any atom is -0.871 e. The van der Waals surface area contributed by atoms with Gasteiger partial charge in [0.2, 0.25) is 32.7 Å². The third kappa shape index (κ3) is 6.70. The lowest BCUT2D eigenvalue weighted by Crippen LogP contribution is -2.10. The summed E-state index contributed by atoms with van der Waals surface area (Å²) in [4.78, 5) is 30.2. The molecule has 50 heavy (non-hydrogen) atoms. The lowest BCUT2D eigenvalue weighted by molar-refractivity contribution is -0.296. The fourth-order valence-electron chi connectivity index (χ4n) is 5.88. The van der Waals surface area contributed by atoms with Crippen LogP contribution in [-0.2, 0) is 9.59 Å². The molecule has 0 radical (unpaired) electrons. The Balaban J connectivity index is 1.34. The highest BCUT2D eigenvalue weighted by Crippen LogP contribution is 2.45. The second-order valence-corrected chi connectivity index (χ2v) is 14.2. The van der Waals surface area contributed by atoms with E-state index in [1.165, 1.54) is 59.5 Å². The standard InChI is InChI=1S/C43H28F2O3S2/c1-25-7-3-5-9-33(25)39-23-27(21-37(49-39)29-11-15-31(44)16-12-29)19-35-41(46)36(43(48)42(35)47)20-28-22-38(30-13-17-32(45)18-14-30)50-40(24-28)34-10-6-4-8-26(34)2/h3-24H,1-2H3. The second-order valence-electron chi connectivity index (χ2n) is 12.0. The summed E-state index contributed by atoms with van der Waals surface area (Å²) in [5, 5.41) is 13.9. The number of thioether (sulfide) groups is 1. The molecule has 0 fully saturated rings. The summed E-state index contributed by atoms with van der Waals surface area (Å²) in [6, 6.07) is 31.8. The van der Waals surface area contributed by atoms with E-state index >= 15 is 0 Å². The van der Waals surface area contributed by atoms with E-state index in [-0.39, 0.29) is 22.8 Å². The molecule has 7 heteroatoms. The Morgan fingerprint density at radius 1 is 0.640 bits per heavy atom. The molecule has 1 aromatic heterocycles. The van der Waals surface area contributed by atoms with E-state index in [1.54, 1.807) is 24.3 Å². The Hall–Kier alpha value is -5.50. The first-order valence-corrected chi connectivity index (χ1v) is 17.5. The maximum absolute atomic E-state index is 13.9. The van der Waals surface area contributed by atoms with Gasteiger partial charge in [0.15, 0.2) is 0 Å². The topological polar surface area (TPSA) is 57.2 Å². The summed E-state index contributed by atoms with van der Waals surface area (Å²) < 4.78 is 27.6. The van der Waals surface area contributed by atoms with Crippen LogP contribution >= 0.6 is 23.1 Å². The number of ketones is 2. The molecule has 0 unspecified atom stereocenters. The molecular weight excluding hydrogens is 667 g/mol. The van der Waals surface area contributed by atoms with Crippen molar-refractivity contribution in [1.82, 2.24) is 0 Å². The maximum Gasteiger partial charge on any atom is 0.239 e. The highest BCUT2D eigenvalue weighted by atomic mass is 32.2. The number of carbonyl (C=O) groups excluding carboxylic acids is 2. The molecule has 1 aliphatic heterocycles. The first-order valence-electron chi connectivity index (χ1n) is 15.8. The molecule has 1 aliphatic carbocycles. The first-order chi connectivity index (χ1) is 24.1. The predicted molar refractivity (Wildman–Crippen MR) is 199 cm³/mol. The van der Waals surface area contributed by atoms with E-state index in [9.17, 15) is 23.5 Å². The number of allylic oxidation sites excluding steroid dienone is 6. The molecule has 0 saturated heterocycles. The molecule has 0 atom stereocenters. The van der Waals surface area contributed by atoms with Gasteiger partial charge in [0.05, 0.1) is 0 Å². The Morgan fingerprint density at radius 2 is 1.20 bits per heavy atom. The zero-order chi connectivity index (χ0) is 34.9. The van der Waals surface area contributed by atoms with E-state index < -0.39 is 17.3 Å². The van der Waals surface area contributed by atoms with Crippen molar-refractivity contribution >= 4 is 50.6 Å². The molecule has 4 aromatic carbocycles. The van der Waals surface area contributed by atoms with Gasteiger partial charge in [0.25, 0.3) is 0 Å². The van der Waals surface area contributed by atoms with Crippen LogP contribution in [0.25, 0.3) is 36.8 Å². The van der Waals surface area contributed by atoms with E-state index in [1.807, 2.05) is 86.7 Å². The molecule has 7 rings (SSSR count). The van der Waals surface area contributed by atoms with Crippen molar-refractivity contribution in [3.63, 3.8) is 0 Å². The molecular formula is C43H28F2O3S2. The lowest BCUT2D eigenvalue weighted by atomic mass is 10.0. The molecule has 0 spiro atoms. The Bertz CT molecular complexity index is 2360. The minimum atomic E-state index is -0.869. The van der Waals surface area contributed by atoms with Gasteiger partial charge in [0.1, 0.15) is 11.6 Å². The molecule has 0 saturated carbocycles. The van der Waals surface area contributed by atoms with Gasteiger partial charge in [-0.1, -0.05) is 72.1 Å². The third-order valence-electron chi connectivity index (χ3n) is 8.52. The molecule has 244 valence electrons. The second kappa shape index (κ2) is 13.8. The van der Waals surface area contributed by atoms with Crippen molar-refractivity contribution in [3.05, 3.63) is 189 Å². The summed E-state index contributed by atoms with van der Waals surface area (Å²) in [5.74, 6) is -3.10. The normalized spacial score (nSPS) is 16.3. The highest BCUT2D eigenvalue weighted by molar-refractivity contribution is 8.16. The predicted octanol–water partition coefficient (Wildman–Crippen LogP) is 10.2. The molecule has 0 bridgehead atoms. The maximum atomic E-state index is 13.9. The van der Waals surface area contributed by atoms with Crippen molar-refractivity contribution in [1.29, 1.82) is 0 Å². The summed E-state index contributed by atoms with van der Waals surface area (Å²) in [7, 11) is 0. The molecule has 0 amide bonds. The molecule has 0 N–H and O–H groups in total. The average Bonchev–Trinajstić information content (AvgIpc) is 3.31. The molecule has 5 aromatic rings. The van der Waals surface area contributed by atoms with Crippen molar-refractivity contribution < 1.29 is 23.5 Å². The van der Waals surface area contributed by atoms with Crippen LogP contribution in [0.3, 0.4) is 0 Å². The monoisotopic (exact) mass is 694 g/mol. The van der Waals surface area contributed by atoms with Crippen LogP contribution in [0, 0.1) is 25.5 Å². The van der Waals surface area contributed by atoms with Crippen LogP contribution in [0.5, 0.6) is 0 Å². The van der Waals surface area contributed by atoms with Gasteiger partial charge >= 0.3 is 0 Å². The highest BCUT2D eigenvalue weighted by Gasteiger charge is 2.31. The number of aryl methyl sites for hydroxylation is 2. The molecule has 2 aliphatic rings. The number of halogens is 2. The Labute approximate surface area is 297 Å². The SMILES string of the molecule is Cc1ccccc1C1=C/C(=C/C2=C([O-])C(=C\c3cc(-c4ccc(F)cc4)[s+]c(-c4ccccc4C)c3)/C(=O)C2=O)C=C(c2ccc(F)cc2)S1. The van der Waals surface area contributed by atoms with Crippen LogP contribution in [0.1, 0.15) is 27.8 Å². The van der Waals surface area contributed by atoms with Crippen LogP contribution in [-0.4, -0.2) is 11.6 Å². The van der Waals surface area contributed by atoms with Gasteiger partial charge in [-0.3, -0.25) is 9.59 Å². The molecule has 2 heterocycles. The van der Waals surface area contributed by atoms with Crippen LogP contribution in [0.15, 0.2) is 150 Å². The van der Waals surface area contributed by atoms with Crippen LogP contribution in [0.2, 0.25) is 0 Å². The fraction of sp³-hybridized carbons (Fsp3) is 0.0465. The van der Waals surface area contributed by atoms with Gasteiger partial charge in [-0.05, 0) is 114 Å². The summed E-state index contributed by atoms with van der Waals surface area (Å²) in [6.45, 7) is 4.00. The number of hydrogen-bond acceptors (Lipinski definition) is 4. The number of benzene rings is 4. The van der Waals surface area contributed by atoms with E-state index in [0.717, 1.165) is 52.9 Å². The summed E-state index contributed by atoms with van der Waals surface area (Å²) in [6.07, 6.45) is 6.67. The van der Waals surface area contributed by atoms with Crippen LogP contribution in [0.4, 0.5) is 8.78 Å². The number of hydrogen-bond donors (Lipinski definition) is 0. The van der Waals surface area contributed by atoms with Crippen molar-refractivity contribution in [2.24, 2.45) is 0 Å². The summed E-state index contributed by atoms with van der Waals surface area (Å²) in [5.41, 5.74) is 6.30. The largest absolute Gasteiger partial charge is 0.871 e. The number of rotatable bonds is 6. The lowest BCUT2D eigenvalue weighted by Gasteiger charge is -2.19. The van der Waals surface area contributed by atoms with Crippen molar-refractivity contribution in [2.45, 2.75) is 13.8 Å². The smallest absolute Gasteiger partial charge is 0.239 e. The quantitative estimate of drug-likeness (QED) is 0.101. The Kier molecular flexibility index (Phi) is 9.10. The van der Waals surface area contributed by atoms with E-state index in [2.05, 4.69) is 0 Å². The van der Waals surface area contributed by atoms with Gasteiger partial charge in [-0.2, -0.15) is 0 Å². The van der Waals surface area contributed by atoms with Gasteiger partial charge in [-0.25, -0.2) is 8.78 Å². The minimum absolute atomic E-state index is 0.213. The number of Topliss-reactive ketones (excluding diaryl/α,β-unsaturated/α-hetero) is 2. The molecule has 3 nitrogen and oxygen atoms in total. The zero-order valence-corrected chi connectivity index (χ0v) is 28.6.